The monoisotopic (exact) mass is 1990 g/mol. The molecular weight excluding hydrogens is 1900 g/mol. The molecule has 139 heavy (non-hydrogen) atoms. The number of carboxylic acid groups (broad SMARTS) is 4. The number of hydrogen-bond donors (Lipinski definition) is 5. The summed E-state index contributed by atoms with van der Waals surface area (Å²) < 4.78 is 181. The highest BCUT2D eigenvalue weighted by Crippen LogP contribution is 2.33. The first kappa shape index (κ1) is 108. The first-order chi connectivity index (χ1) is 64.5. The van der Waals surface area contributed by atoms with Gasteiger partial charge in [-0.1, -0.05) is 150 Å². The number of nitrogens with zero attached hydrogens (tertiary/aromatic N) is 13. The minimum Gasteiger partial charge on any atom is -0.744 e. The quantitative estimate of drug-likeness (QED) is 0.0182. The lowest BCUT2D eigenvalue weighted by Crippen LogP contribution is -2.45. The molecule has 12 rings (SSSR count). The molecule has 2 atom stereocenters. The zero-order valence-electron chi connectivity index (χ0n) is 74.6. The number of rotatable bonds is 41. The molecular formula is C93H95N18O23S5-9. The number of nitrogens with one attached hydrogen (secondary N) is 5. The van der Waals surface area contributed by atoms with Crippen molar-refractivity contribution in [2.75, 3.05) is 44.6 Å². The number of aliphatic carboxylic acids is 4. The van der Waals surface area contributed by atoms with E-state index in [0.717, 1.165) is 28.2 Å². The van der Waals surface area contributed by atoms with Gasteiger partial charge in [-0.2, -0.15) is 49.8 Å². The predicted molar refractivity (Wildman–Crippen MR) is 501 cm³/mol. The van der Waals surface area contributed by atoms with Crippen LogP contribution < -0.4 is 51.9 Å². The van der Waals surface area contributed by atoms with Gasteiger partial charge in [0.2, 0.25) is 35.7 Å². The van der Waals surface area contributed by atoms with Crippen LogP contribution in [0.1, 0.15) is 181 Å². The minimum absolute atomic E-state index is 0. The van der Waals surface area contributed by atoms with Crippen LogP contribution in [0.4, 0.5) is 58.4 Å². The van der Waals surface area contributed by atoms with Crippen LogP contribution in [0.25, 0.3) is 24.3 Å². The third-order valence-corrected chi connectivity index (χ3v) is 25.4. The number of carbonyl (C=O) groups is 4. The van der Waals surface area contributed by atoms with Crippen molar-refractivity contribution in [3.8, 4) is 0 Å². The second kappa shape index (κ2) is 46.6. The van der Waals surface area contributed by atoms with E-state index in [1.807, 2.05) is 59.7 Å². The number of carbonyl (C=O) groups excluding carboxylic acids is 4. The number of aromatic nitrogens is 12. The SMILES string of the molecule is C.C.CCC(C)Nc1nc(Cc2cc(S(=O)(=O)[O-])ccc2C)nc(Nc2ccc(/C=C/c3ccc(Cc4nc(CC(CC(=O)[O-])C(=O)[O-])nc(Nc5cc(C)ccc5S(=O)(=O)[O-])n4)cc3C)c(S(=O)(=O)[O-])c2)n1.CCC(CC)c1nc(Cc2ccc(S(=O)(=O)[O-])cc2)nc(Nc2ccc(/C=C/c3ccc(Cc4nc(Nc5ccc(C)cc5)nc(N(CC(=O)[O-])CC(=O)[O-])n4)cc3C)c(S(=O)(=O)[O-])c2)n1. The van der Waals surface area contributed by atoms with Crippen molar-refractivity contribution < 1.29 is 104 Å². The summed E-state index contributed by atoms with van der Waals surface area (Å²) in [6.07, 6.45) is 7.10. The van der Waals surface area contributed by atoms with Gasteiger partial charge in [0.05, 0.1) is 55.2 Å². The van der Waals surface area contributed by atoms with Crippen LogP contribution in [-0.4, -0.2) is 168 Å². The Labute approximate surface area is 803 Å². The summed E-state index contributed by atoms with van der Waals surface area (Å²) in [5.74, 6) is -7.34. The van der Waals surface area contributed by atoms with Crippen molar-refractivity contribution in [2.45, 2.75) is 171 Å². The van der Waals surface area contributed by atoms with Gasteiger partial charge in [-0.25, -0.2) is 52.1 Å². The maximum atomic E-state index is 12.7. The maximum Gasteiger partial charge on any atom is 0.232 e. The normalized spacial score (nSPS) is 12.2. The first-order valence-corrected chi connectivity index (χ1v) is 48.9. The molecule has 4 aromatic heterocycles. The predicted octanol–water partition coefficient (Wildman–Crippen LogP) is 7.60. The Morgan fingerprint density at radius 3 is 1.29 bits per heavy atom. The fourth-order valence-corrected chi connectivity index (χ4v) is 16.8. The Balaban J connectivity index is 0.000000307. The lowest BCUT2D eigenvalue weighted by molar-refractivity contribution is -0.320. The van der Waals surface area contributed by atoms with Crippen molar-refractivity contribution in [2.24, 2.45) is 5.92 Å². The van der Waals surface area contributed by atoms with Crippen LogP contribution in [0.5, 0.6) is 0 Å². The van der Waals surface area contributed by atoms with Crippen molar-refractivity contribution in [1.29, 1.82) is 0 Å². The maximum absolute atomic E-state index is 12.7. The van der Waals surface area contributed by atoms with Gasteiger partial charge in [0.25, 0.3) is 0 Å². The molecule has 5 N–H and O–H groups in total. The Morgan fingerprint density at radius 1 is 0.374 bits per heavy atom. The first-order valence-electron chi connectivity index (χ1n) is 41.9. The van der Waals surface area contributed by atoms with E-state index in [2.05, 4.69) is 86.4 Å². The van der Waals surface area contributed by atoms with Gasteiger partial charge in [0.1, 0.15) is 85.5 Å². The average molecular weight is 1990 g/mol. The van der Waals surface area contributed by atoms with Crippen molar-refractivity contribution in [1.82, 2.24) is 59.8 Å². The number of carboxylic acids is 4. The van der Waals surface area contributed by atoms with Gasteiger partial charge in [-0.15, -0.1) is 0 Å². The molecule has 0 saturated carbocycles. The molecule has 0 aliphatic heterocycles. The van der Waals surface area contributed by atoms with Gasteiger partial charge in [-0.05, 0) is 207 Å². The van der Waals surface area contributed by atoms with Crippen molar-refractivity contribution >= 4 is 157 Å². The molecule has 0 spiro atoms. The van der Waals surface area contributed by atoms with Crippen LogP contribution in [0.2, 0.25) is 0 Å². The Kier molecular flexibility index (Phi) is 36.2. The summed E-state index contributed by atoms with van der Waals surface area (Å²) in [5.41, 5.74) is 8.29. The van der Waals surface area contributed by atoms with E-state index in [4.69, 9.17) is 0 Å². The number of benzene rings is 8. The van der Waals surface area contributed by atoms with Gasteiger partial charge in [0, 0.05) is 79.0 Å². The molecule has 0 radical (unpaired) electrons. The van der Waals surface area contributed by atoms with Crippen LogP contribution >= 0.6 is 0 Å². The largest absolute Gasteiger partial charge is 0.744 e. The average Bonchev–Trinajstić information content (AvgIpc) is 0.806. The molecule has 0 bridgehead atoms. The molecule has 4 heterocycles. The molecule has 0 amide bonds. The van der Waals surface area contributed by atoms with Crippen molar-refractivity contribution in [3.05, 3.63) is 265 Å². The molecule has 0 aliphatic rings. The molecule has 0 fully saturated rings. The second-order valence-electron chi connectivity index (χ2n) is 31.7. The highest BCUT2D eigenvalue weighted by Gasteiger charge is 2.24. The third-order valence-electron chi connectivity index (χ3n) is 21.1. The number of anilines is 10. The van der Waals surface area contributed by atoms with E-state index < -0.39 is 126 Å². The van der Waals surface area contributed by atoms with E-state index in [-0.39, 0.29) is 145 Å². The minimum atomic E-state index is -5.08. The highest BCUT2D eigenvalue weighted by atomic mass is 32.2. The van der Waals surface area contributed by atoms with E-state index in [0.29, 0.717) is 86.7 Å². The molecule has 46 heteroatoms. The summed E-state index contributed by atoms with van der Waals surface area (Å²) >= 11 is 0. The van der Waals surface area contributed by atoms with E-state index in [1.165, 1.54) is 91.0 Å². The van der Waals surface area contributed by atoms with E-state index >= 15 is 0 Å². The molecule has 0 aliphatic carbocycles. The lowest BCUT2D eigenvalue weighted by atomic mass is 10.0. The van der Waals surface area contributed by atoms with Crippen LogP contribution in [-0.2, 0) is 102 Å². The molecule has 734 valence electrons. The molecule has 2 unspecified atom stereocenters. The van der Waals surface area contributed by atoms with Gasteiger partial charge < -0.3 is 93.9 Å². The second-order valence-corrected chi connectivity index (χ2v) is 38.5. The topological polar surface area (TPSA) is 665 Å². The lowest BCUT2D eigenvalue weighted by Gasteiger charge is -2.24. The molecule has 41 nitrogen and oxygen atoms in total. The fourth-order valence-electron chi connectivity index (χ4n) is 13.9. The van der Waals surface area contributed by atoms with Crippen LogP contribution in [0.15, 0.2) is 182 Å². The van der Waals surface area contributed by atoms with Gasteiger partial charge >= 0.3 is 0 Å². The van der Waals surface area contributed by atoms with Crippen LogP contribution in [0, 0.1) is 40.5 Å². The zero-order valence-corrected chi connectivity index (χ0v) is 78.7. The fraction of sp³-hybridized carbons (Fsp3) is 0.269. The standard InChI is InChI=1S/C46H49N9O13S3.C45H47N9O10S2.2CH4/c1-6-28(5)47-44-53-41(21-32-20-35(69(60,61)62)15-8-26(32)3)54-45(55-44)48-34-14-13-31(38(24-34)71(66,67)68)12-11-30-10-9-29(18-27(30)4)19-39-50-40(22-33(43(58)59)23-42(56)57)52-46(51-39)49-36-17-25(2)7-16-37(36)70(63,64)65;1-5-31(6-2)42-48-38(22-29-10-19-36(20-11-29)65(59,60)61)49-43(52-42)47-35-18-15-33(37(24-35)66(62,63)64)14-13-32-12-9-30(21-28(32)4)23-39-50-44(46-34-16-7-27(3)8-17-34)53-45(51-39)54(25-40(55)56)26-41(57)58;;/h7-18,20,24,28,33H,6,19,21-23H2,1-5H3,(H,56,57)(H,58,59)(H,60,61,62)(H,63,64,65)(H,66,67,68)(H,49,50,51,52)(H2,47,48,53,54,55);7-21,24,31H,5-6,22-23,25-26H2,1-4H3,(H,55,56)(H,57,58)(H,59,60,61)(H,62,63,64)(H,46,50,51,53)(H,47,48,49,52);2*1H4/p-9/b12-11+;14-13+;;. The Morgan fingerprint density at radius 2 is 0.806 bits per heavy atom. The highest BCUT2D eigenvalue weighted by molar-refractivity contribution is 7.86. The number of hydrogen-bond acceptors (Lipinski definition) is 41. The van der Waals surface area contributed by atoms with Gasteiger partial charge in [-0.3, -0.25) is 0 Å². The van der Waals surface area contributed by atoms with Crippen LogP contribution in [0.3, 0.4) is 0 Å². The van der Waals surface area contributed by atoms with E-state index in [9.17, 15) is 104 Å². The zero-order chi connectivity index (χ0) is 99.8. The molecule has 0 saturated heterocycles. The molecule has 12 aromatic rings. The summed E-state index contributed by atoms with van der Waals surface area (Å²) in [4.78, 5) is 97.7. The van der Waals surface area contributed by atoms with Crippen molar-refractivity contribution in [3.63, 3.8) is 0 Å². The van der Waals surface area contributed by atoms with Gasteiger partial charge in [0.15, 0.2) is 0 Å². The smallest absolute Gasteiger partial charge is 0.232 e. The summed E-state index contributed by atoms with van der Waals surface area (Å²) in [6, 6.07) is 39.2. The molecule has 8 aromatic carbocycles. The Hall–Kier alpha value is -14.5. The summed E-state index contributed by atoms with van der Waals surface area (Å²) in [5, 5.41) is 61.0. The number of aryl methyl sites for hydroxylation is 5. The van der Waals surface area contributed by atoms with E-state index in [1.54, 1.807) is 81.5 Å². The summed E-state index contributed by atoms with van der Waals surface area (Å²) in [6.45, 7) is 15.0. The summed E-state index contributed by atoms with van der Waals surface area (Å²) in [7, 11) is -24.4. The Bertz CT molecular complexity index is 7250. The third kappa shape index (κ3) is 31.3.